The van der Waals surface area contributed by atoms with E-state index in [1.165, 1.54) is 316 Å². The van der Waals surface area contributed by atoms with Crippen LogP contribution in [-0.2, 0) is 17.4 Å². The van der Waals surface area contributed by atoms with E-state index in [0.29, 0.717) is 0 Å². The number of nitrogens with zero attached hydrogens (tertiary/aromatic N) is 1. The standard InChI is InChI=1S/C92H113N/c1-8-13-18-23-27-35-56-91(57-36-28-24-19-14-9-2)83-61-67(6)44-50-73(83)75-53-48-71(64-85(75)91)89-79-40-31-33-42-81(79)90(82-43-34-32-41-80(82)89)72-49-54-76-74-52-46-69(70-47-55-78-77-51-45-68(7)62-87(77)93(88(78)66-70)60-39-22-17-12-5)63-84(74)92(86(76)65-72,58-37-29-25-20-15-10-3)59-38-30-26-21-16-11-4/h31-34,40-55,61-66H,8-30,35-39,56-60H2,1-7H3. The Bertz CT molecular complexity index is 4050. The molecule has 2 aliphatic rings. The Balaban J connectivity index is 0.991. The van der Waals surface area contributed by atoms with Gasteiger partial charge in [-0.3, -0.25) is 0 Å². The SMILES string of the molecule is CCCCCCCCC1(CCCCCCCC)c2cc(C)ccc2-c2ccc(-c3c4ccccc4c(-c4ccc5c(c4)C(CCCCCCCC)(CCCCCCCC)c4cc(-c6ccc7c8ccc(C)cc8n(CCCCCC)c7c6)ccc4-5)c4ccccc34)cc21. The third kappa shape index (κ3) is 13.8. The molecule has 12 rings (SSSR count). The molecule has 0 fully saturated rings. The molecule has 0 amide bonds. The first-order valence-electron chi connectivity index (χ1n) is 38.3. The second kappa shape index (κ2) is 31.2. The lowest BCUT2D eigenvalue weighted by atomic mass is 9.69. The zero-order valence-electron chi connectivity index (χ0n) is 58.8. The molecule has 0 radical (unpaired) electrons. The molecule has 2 aliphatic carbocycles. The van der Waals surface area contributed by atoms with Crippen molar-refractivity contribution in [3.63, 3.8) is 0 Å². The highest BCUT2D eigenvalue weighted by atomic mass is 15.0. The second-order valence-corrected chi connectivity index (χ2v) is 29.4. The van der Waals surface area contributed by atoms with Crippen LogP contribution in [0.3, 0.4) is 0 Å². The van der Waals surface area contributed by atoms with E-state index in [9.17, 15) is 0 Å². The predicted octanol–water partition coefficient (Wildman–Crippen LogP) is 28.8. The normalized spacial score (nSPS) is 13.6. The monoisotopic (exact) mass is 1230 g/mol. The third-order valence-electron chi connectivity index (χ3n) is 22.8. The van der Waals surface area contributed by atoms with Gasteiger partial charge in [0.1, 0.15) is 0 Å². The van der Waals surface area contributed by atoms with Crippen molar-refractivity contribution in [1.29, 1.82) is 0 Å². The lowest BCUT2D eigenvalue weighted by molar-refractivity contribution is 0.398. The molecule has 0 N–H and O–H groups in total. The summed E-state index contributed by atoms with van der Waals surface area (Å²) in [5, 5.41) is 8.21. The molecule has 93 heavy (non-hydrogen) atoms. The zero-order chi connectivity index (χ0) is 64.2. The van der Waals surface area contributed by atoms with Crippen LogP contribution in [0.1, 0.15) is 273 Å². The van der Waals surface area contributed by atoms with E-state index in [4.69, 9.17) is 0 Å². The van der Waals surface area contributed by atoms with Gasteiger partial charge in [0.05, 0.1) is 0 Å². The molecule has 0 bridgehead atoms. The van der Waals surface area contributed by atoms with E-state index < -0.39 is 0 Å². The van der Waals surface area contributed by atoms with Gasteiger partial charge in [-0.05, 0) is 181 Å². The van der Waals surface area contributed by atoms with E-state index in [0.717, 1.165) is 6.54 Å². The van der Waals surface area contributed by atoms with Gasteiger partial charge in [-0.2, -0.15) is 0 Å². The lowest BCUT2D eigenvalue weighted by Crippen LogP contribution is -2.25. The Hall–Kier alpha value is -6.70. The number of rotatable bonds is 36. The van der Waals surface area contributed by atoms with Crippen LogP contribution in [0.5, 0.6) is 0 Å². The average Bonchev–Trinajstić information content (AvgIpc) is 1.65. The van der Waals surface area contributed by atoms with Crippen LogP contribution in [0.15, 0.2) is 158 Å². The zero-order valence-corrected chi connectivity index (χ0v) is 58.8. The van der Waals surface area contributed by atoms with E-state index in [-0.39, 0.29) is 10.8 Å². The number of aryl methyl sites for hydroxylation is 3. The Labute approximate surface area is 562 Å². The first-order valence-corrected chi connectivity index (χ1v) is 38.3. The van der Waals surface area contributed by atoms with Crippen LogP contribution in [0.25, 0.3) is 99.0 Å². The van der Waals surface area contributed by atoms with Crippen molar-refractivity contribution in [3.8, 4) is 55.6 Å². The number of aromatic nitrogens is 1. The Morgan fingerprint density at radius 1 is 0.258 bits per heavy atom. The van der Waals surface area contributed by atoms with Gasteiger partial charge < -0.3 is 4.57 Å². The van der Waals surface area contributed by atoms with Gasteiger partial charge in [0, 0.05) is 39.2 Å². The van der Waals surface area contributed by atoms with E-state index >= 15 is 0 Å². The van der Waals surface area contributed by atoms with Crippen LogP contribution in [0.4, 0.5) is 0 Å². The number of hydrogen-bond acceptors (Lipinski definition) is 0. The molecule has 0 atom stereocenters. The molecule has 1 nitrogen and oxygen atoms in total. The minimum absolute atomic E-state index is 0.00969. The summed E-state index contributed by atoms with van der Waals surface area (Å²) < 4.78 is 2.66. The van der Waals surface area contributed by atoms with Crippen molar-refractivity contribution in [2.75, 3.05) is 0 Å². The van der Waals surface area contributed by atoms with Gasteiger partial charge in [0.15, 0.2) is 0 Å². The minimum Gasteiger partial charge on any atom is -0.340 e. The molecule has 1 aromatic heterocycles. The largest absolute Gasteiger partial charge is 0.340 e. The number of unbranched alkanes of at least 4 members (excludes halogenated alkanes) is 23. The smallest absolute Gasteiger partial charge is 0.0497 e. The van der Waals surface area contributed by atoms with E-state index in [1.54, 1.807) is 22.3 Å². The maximum absolute atomic E-state index is 2.75. The Morgan fingerprint density at radius 3 is 0.989 bits per heavy atom. The lowest BCUT2D eigenvalue weighted by Gasteiger charge is -2.34. The molecule has 9 aromatic carbocycles. The van der Waals surface area contributed by atoms with Crippen LogP contribution in [-0.4, -0.2) is 4.57 Å². The predicted molar refractivity (Wildman–Crippen MR) is 409 cm³/mol. The van der Waals surface area contributed by atoms with Crippen molar-refractivity contribution in [3.05, 3.63) is 191 Å². The van der Waals surface area contributed by atoms with Gasteiger partial charge in [0.2, 0.25) is 0 Å². The van der Waals surface area contributed by atoms with Gasteiger partial charge in [0.25, 0.3) is 0 Å². The molecule has 1 heteroatoms. The number of benzene rings is 9. The molecule has 0 saturated carbocycles. The summed E-state index contributed by atoms with van der Waals surface area (Å²) in [6.45, 7) is 17.4. The third-order valence-corrected chi connectivity index (χ3v) is 22.8. The van der Waals surface area contributed by atoms with Crippen molar-refractivity contribution in [2.24, 2.45) is 0 Å². The van der Waals surface area contributed by atoms with Crippen molar-refractivity contribution in [2.45, 2.75) is 271 Å². The van der Waals surface area contributed by atoms with Crippen molar-refractivity contribution >= 4 is 43.4 Å². The summed E-state index contributed by atoms with van der Waals surface area (Å²) >= 11 is 0. The topological polar surface area (TPSA) is 4.93 Å². The highest BCUT2D eigenvalue weighted by molar-refractivity contribution is 6.21. The summed E-state index contributed by atoms with van der Waals surface area (Å²) in [6, 6.07) is 64.5. The molecule has 0 saturated heterocycles. The van der Waals surface area contributed by atoms with Gasteiger partial charge in [-0.25, -0.2) is 0 Å². The van der Waals surface area contributed by atoms with Crippen LogP contribution < -0.4 is 0 Å². The highest BCUT2D eigenvalue weighted by Gasteiger charge is 2.44. The summed E-state index contributed by atoms with van der Waals surface area (Å²) in [4.78, 5) is 0. The molecule has 0 aliphatic heterocycles. The summed E-state index contributed by atoms with van der Waals surface area (Å²) in [5.74, 6) is 0. The fourth-order valence-electron chi connectivity index (χ4n) is 17.8. The van der Waals surface area contributed by atoms with Crippen LogP contribution in [0, 0.1) is 13.8 Å². The van der Waals surface area contributed by atoms with E-state index in [2.05, 4.69) is 211 Å². The molecule has 0 unspecified atom stereocenters. The molecular weight excluding hydrogens is 1120 g/mol. The van der Waals surface area contributed by atoms with Gasteiger partial charge >= 0.3 is 0 Å². The molecule has 1 heterocycles. The first-order chi connectivity index (χ1) is 45.8. The van der Waals surface area contributed by atoms with Crippen molar-refractivity contribution < 1.29 is 0 Å². The average molecular weight is 1230 g/mol. The summed E-state index contributed by atoms with van der Waals surface area (Å²) in [5.41, 5.74) is 25.8. The Kier molecular flexibility index (Phi) is 22.3. The Morgan fingerprint density at radius 2 is 0.559 bits per heavy atom. The second-order valence-electron chi connectivity index (χ2n) is 29.4. The molecular formula is C92H113N. The quantitative estimate of drug-likeness (QED) is 0.0272. The maximum Gasteiger partial charge on any atom is 0.0497 e. The molecule has 486 valence electrons. The van der Waals surface area contributed by atoms with Crippen LogP contribution >= 0.6 is 0 Å². The maximum atomic E-state index is 2.75. The minimum atomic E-state index is -0.0917. The fraction of sp³-hybridized carbons (Fsp3) is 0.457. The highest BCUT2D eigenvalue weighted by Crippen LogP contribution is 2.59. The fourth-order valence-corrected chi connectivity index (χ4v) is 17.8. The summed E-state index contributed by atoms with van der Waals surface area (Å²) in [6.07, 6.45) is 41.5. The number of fused-ring (bicyclic) bond motifs is 11. The van der Waals surface area contributed by atoms with Crippen LogP contribution in [0.2, 0.25) is 0 Å². The molecule has 10 aromatic rings. The van der Waals surface area contributed by atoms with Gasteiger partial charge in [-0.1, -0.05) is 341 Å². The molecule has 0 spiro atoms. The van der Waals surface area contributed by atoms with Crippen molar-refractivity contribution in [1.82, 2.24) is 4.57 Å². The number of hydrogen-bond donors (Lipinski definition) is 0. The van der Waals surface area contributed by atoms with Gasteiger partial charge in [-0.15, -0.1) is 0 Å². The van der Waals surface area contributed by atoms with E-state index in [1.807, 2.05) is 0 Å². The summed E-state index contributed by atoms with van der Waals surface area (Å²) in [7, 11) is 0. The first kappa shape index (κ1) is 66.3.